The van der Waals surface area contributed by atoms with E-state index in [-0.39, 0.29) is 48.1 Å². The van der Waals surface area contributed by atoms with Gasteiger partial charge < -0.3 is 20.0 Å². The molecule has 1 saturated carbocycles. The topological polar surface area (TPSA) is 73.0 Å². The number of hydrogen-bond acceptors (Lipinski definition) is 4. The summed E-state index contributed by atoms with van der Waals surface area (Å²) >= 11 is 0. The van der Waals surface area contributed by atoms with E-state index in [0.717, 1.165) is 36.9 Å². The van der Waals surface area contributed by atoms with Crippen molar-refractivity contribution in [2.45, 2.75) is 32.2 Å². The maximum absolute atomic E-state index is 14.0. The summed E-state index contributed by atoms with van der Waals surface area (Å²) in [6.45, 7) is 2.32. The number of hydrogen-bond donors (Lipinski definition) is 1. The molecular weight excluding hydrogens is 526 g/mol. The Bertz CT molecular complexity index is 1370. The molecule has 3 amide bonds. The standard InChI is InChI=1S/C32H34F2N4O3/c33-25-11-9-23(10-12-25)21-38(31(40)24-5-1-2-6-24)22-30(39)35-26-13-15-27(16-14-26)36-17-19-37(20-18-36)32(41)28-7-3-4-8-29(28)34/h3-4,7-16,24H,1-2,5-6,17-22H2,(H,35,39). The summed E-state index contributed by atoms with van der Waals surface area (Å²) in [6.07, 6.45) is 3.67. The van der Waals surface area contributed by atoms with Crippen LogP contribution in [-0.4, -0.2) is 60.2 Å². The number of carbonyl (C=O) groups excluding carboxylic acids is 3. The van der Waals surface area contributed by atoms with Crippen LogP contribution in [0.25, 0.3) is 0 Å². The highest BCUT2D eigenvalue weighted by molar-refractivity contribution is 5.95. The molecule has 5 rings (SSSR count). The van der Waals surface area contributed by atoms with Crippen LogP contribution in [0.3, 0.4) is 0 Å². The summed E-state index contributed by atoms with van der Waals surface area (Å²) in [4.78, 5) is 44.3. The predicted molar refractivity (Wildman–Crippen MR) is 153 cm³/mol. The van der Waals surface area contributed by atoms with Crippen molar-refractivity contribution in [3.63, 3.8) is 0 Å². The van der Waals surface area contributed by atoms with Crippen LogP contribution in [-0.2, 0) is 16.1 Å². The van der Waals surface area contributed by atoms with Gasteiger partial charge in [0.15, 0.2) is 0 Å². The van der Waals surface area contributed by atoms with Gasteiger partial charge in [0.05, 0.1) is 5.56 Å². The quantitative estimate of drug-likeness (QED) is 0.417. The lowest BCUT2D eigenvalue weighted by atomic mass is 10.1. The molecule has 214 valence electrons. The second-order valence-corrected chi connectivity index (χ2v) is 10.7. The molecule has 0 aromatic heterocycles. The Hall–Kier alpha value is -4.27. The van der Waals surface area contributed by atoms with Crippen molar-refractivity contribution >= 4 is 29.1 Å². The highest BCUT2D eigenvalue weighted by Gasteiger charge is 2.29. The number of nitrogens with one attached hydrogen (secondary N) is 1. The van der Waals surface area contributed by atoms with Gasteiger partial charge in [-0.3, -0.25) is 14.4 Å². The molecule has 3 aromatic carbocycles. The molecule has 1 aliphatic heterocycles. The molecule has 0 atom stereocenters. The van der Waals surface area contributed by atoms with Gasteiger partial charge in [0.1, 0.15) is 18.2 Å². The van der Waals surface area contributed by atoms with Crippen LogP contribution in [0.1, 0.15) is 41.6 Å². The fourth-order valence-electron chi connectivity index (χ4n) is 5.56. The first-order valence-corrected chi connectivity index (χ1v) is 14.1. The molecule has 1 N–H and O–H groups in total. The molecule has 2 aliphatic rings. The van der Waals surface area contributed by atoms with Crippen molar-refractivity contribution in [3.8, 4) is 0 Å². The fourth-order valence-corrected chi connectivity index (χ4v) is 5.56. The Morgan fingerprint density at radius 1 is 0.829 bits per heavy atom. The highest BCUT2D eigenvalue weighted by Crippen LogP contribution is 2.27. The summed E-state index contributed by atoms with van der Waals surface area (Å²) in [7, 11) is 0. The molecule has 1 aliphatic carbocycles. The van der Waals surface area contributed by atoms with E-state index in [9.17, 15) is 23.2 Å². The number of anilines is 2. The zero-order chi connectivity index (χ0) is 28.8. The average Bonchev–Trinajstić information content (AvgIpc) is 3.53. The Balaban J connectivity index is 1.16. The van der Waals surface area contributed by atoms with Gasteiger partial charge in [-0.2, -0.15) is 0 Å². The summed E-state index contributed by atoms with van der Waals surface area (Å²) in [5.74, 6) is -1.58. The normalized spacial score (nSPS) is 15.6. The van der Waals surface area contributed by atoms with E-state index in [1.165, 1.54) is 24.3 Å². The number of amides is 3. The Labute approximate surface area is 238 Å². The minimum Gasteiger partial charge on any atom is -0.368 e. The summed E-state index contributed by atoms with van der Waals surface area (Å²) in [5, 5.41) is 2.89. The second kappa shape index (κ2) is 12.9. The molecule has 9 heteroatoms. The van der Waals surface area contributed by atoms with E-state index in [0.29, 0.717) is 31.9 Å². The van der Waals surface area contributed by atoms with Crippen LogP contribution in [0.4, 0.5) is 20.2 Å². The lowest BCUT2D eigenvalue weighted by Crippen LogP contribution is -2.49. The Morgan fingerprint density at radius 3 is 2.15 bits per heavy atom. The van der Waals surface area contributed by atoms with E-state index in [2.05, 4.69) is 10.2 Å². The zero-order valence-corrected chi connectivity index (χ0v) is 22.9. The largest absolute Gasteiger partial charge is 0.368 e. The lowest BCUT2D eigenvalue weighted by molar-refractivity contribution is -0.138. The first kappa shape index (κ1) is 28.3. The number of halogens is 2. The molecule has 1 saturated heterocycles. The van der Waals surface area contributed by atoms with Gasteiger partial charge in [-0.25, -0.2) is 8.78 Å². The number of carbonyl (C=O) groups is 3. The predicted octanol–water partition coefficient (Wildman–Crippen LogP) is 5.08. The van der Waals surface area contributed by atoms with Crippen LogP contribution >= 0.6 is 0 Å². The van der Waals surface area contributed by atoms with Crippen molar-refractivity contribution in [1.82, 2.24) is 9.80 Å². The van der Waals surface area contributed by atoms with Gasteiger partial charge in [-0.05, 0) is 66.9 Å². The third kappa shape index (κ3) is 7.09. The molecule has 0 unspecified atom stereocenters. The first-order chi connectivity index (χ1) is 19.9. The second-order valence-electron chi connectivity index (χ2n) is 10.7. The van der Waals surface area contributed by atoms with Crippen molar-refractivity contribution < 1.29 is 23.2 Å². The van der Waals surface area contributed by atoms with Crippen molar-refractivity contribution in [2.24, 2.45) is 5.92 Å². The molecule has 7 nitrogen and oxygen atoms in total. The van der Waals surface area contributed by atoms with E-state index in [1.54, 1.807) is 34.1 Å². The number of rotatable bonds is 8. The molecular formula is C32H34F2N4O3. The van der Waals surface area contributed by atoms with Crippen LogP contribution in [0.5, 0.6) is 0 Å². The van der Waals surface area contributed by atoms with Crippen molar-refractivity contribution in [3.05, 3.63) is 95.6 Å². The Kier molecular flexibility index (Phi) is 8.91. The third-order valence-electron chi connectivity index (χ3n) is 7.82. The van der Waals surface area contributed by atoms with E-state index in [4.69, 9.17) is 0 Å². The maximum Gasteiger partial charge on any atom is 0.256 e. The van der Waals surface area contributed by atoms with Gasteiger partial charge in [0.25, 0.3) is 5.91 Å². The smallest absolute Gasteiger partial charge is 0.256 e. The third-order valence-corrected chi connectivity index (χ3v) is 7.82. The zero-order valence-electron chi connectivity index (χ0n) is 22.9. The van der Waals surface area contributed by atoms with Gasteiger partial charge in [-0.1, -0.05) is 37.1 Å². The maximum atomic E-state index is 14.0. The monoisotopic (exact) mass is 560 g/mol. The number of benzene rings is 3. The average molecular weight is 561 g/mol. The van der Waals surface area contributed by atoms with Crippen LogP contribution in [0.15, 0.2) is 72.8 Å². The summed E-state index contributed by atoms with van der Waals surface area (Å²) in [5.41, 5.74) is 2.42. The van der Waals surface area contributed by atoms with E-state index < -0.39 is 5.82 Å². The van der Waals surface area contributed by atoms with Crippen molar-refractivity contribution in [1.29, 1.82) is 0 Å². The van der Waals surface area contributed by atoms with Crippen LogP contribution in [0.2, 0.25) is 0 Å². The highest BCUT2D eigenvalue weighted by atomic mass is 19.1. The van der Waals surface area contributed by atoms with Crippen LogP contribution < -0.4 is 10.2 Å². The summed E-state index contributed by atoms with van der Waals surface area (Å²) < 4.78 is 27.4. The SMILES string of the molecule is O=C(CN(Cc1ccc(F)cc1)C(=O)C1CCCC1)Nc1ccc(N2CCN(C(=O)c3ccccc3F)CC2)cc1. The van der Waals surface area contributed by atoms with Gasteiger partial charge in [0, 0.05) is 50.0 Å². The van der Waals surface area contributed by atoms with Gasteiger partial charge in [-0.15, -0.1) is 0 Å². The molecule has 41 heavy (non-hydrogen) atoms. The van der Waals surface area contributed by atoms with E-state index >= 15 is 0 Å². The lowest BCUT2D eigenvalue weighted by Gasteiger charge is -2.36. The Morgan fingerprint density at radius 2 is 1.49 bits per heavy atom. The first-order valence-electron chi connectivity index (χ1n) is 14.1. The molecule has 0 bridgehead atoms. The molecule has 0 spiro atoms. The van der Waals surface area contributed by atoms with Crippen LogP contribution in [0, 0.1) is 17.6 Å². The summed E-state index contributed by atoms with van der Waals surface area (Å²) in [6, 6.07) is 19.4. The number of piperazine rings is 1. The molecule has 2 fully saturated rings. The number of nitrogens with zero attached hydrogens (tertiary/aromatic N) is 3. The van der Waals surface area contributed by atoms with Gasteiger partial charge >= 0.3 is 0 Å². The minimum absolute atomic E-state index is 0.0371. The van der Waals surface area contributed by atoms with Gasteiger partial charge in [0.2, 0.25) is 11.8 Å². The minimum atomic E-state index is -0.515. The molecule has 3 aromatic rings. The fraction of sp³-hybridized carbons (Fsp3) is 0.344. The molecule has 1 heterocycles. The van der Waals surface area contributed by atoms with E-state index in [1.807, 2.05) is 24.3 Å². The van der Waals surface area contributed by atoms with Crippen molar-refractivity contribution in [2.75, 3.05) is 42.9 Å². The molecule has 0 radical (unpaired) electrons.